The van der Waals surface area contributed by atoms with Crippen molar-refractivity contribution in [2.24, 2.45) is 0 Å². The highest BCUT2D eigenvalue weighted by Crippen LogP contribution is 2.42. The van der Waals surface area contributed by atoms with E-state index in [4.69, 9.17) is 18.7 Å². The van der Waals surface area contributed by atoms with Crippen molar-refractivity contribution < 1.29 is 31.9 Å². The minimum atomic E-state index is -3.97. The molecule has 2 heterocycles. The molecule has 0 bridgehead atoms. The summed E-state index contributed by atoms with van der Waals surface area (Å²) in [7, 11) is -2.69. The van der Waals surface area contributed by atoms with Crippen LogP contribution in [0.25, 0.3) is 0 Å². The van der Waals surface area contributed by atoms with Crippen molar-refractivity contribution in [3.05, 3.63) is 34.7 Å². The highest BCUT2D eigenvalue weighted by molar-refractivity contribution is 7.89. The molecule has 0 aliphatic carbocycles. The van der Waals surface area contributed by atoms with Crippen molar-refractivity contribution in [2.75, 3.05) is 26.9 Å². The van der Waals surface area contributed by atoms with Crippen LogP contribution in [0.5, 0.6) is 11.5 Å². The van der Waals surface area contributed by atoms with Crippen LogP contribution in [0.4, 0.5) is 0 Å². The number of ether oxygens (including phenoxy) is 3. The van der Waals surface area contributed by atoms with Gasteiger partial charge in [-0.25, -0.2) is 8.42 Å². The number of aryl methyl sites for hydroxylation is 2. The van der Waals surface area contributed by atoms with E-state index in [2.05, 4.69) is 5.16 Å². The van der Waals surface area contributed by atoms with Crippen LogP contribution < -0.4 is 9.47 Å². The number of hydrogen-bond acceptors (Lipinski definition) is 8. The number of methoxy groups -OCH3 is 1. The Bertz CT molecular complexity index is 1040. The molecule has 1 aliphatic heterocycles. The largest absolute Gasteiger partial charge is 0.490 e. The average Bonchev–Trinajstić information content (AvgIpc) is 3.07. The molecule has 0 unspecified atom stereocenters. The third-order valence-electron chi connectivity index (χ3n) is 5.24. The molecule has 3 rings (SSSR count). The maximum absolute atomic E-state index is 13.6. The highest BCUT2D eigenvalue weighted by atomic mass is 32.2. The minimum Gasteiger partial charge on any atom is -0.490 e. The minimum absolute atomic E-state index is 0.0294. The van der Waals surface area contributed by atoms with E-state index < -0.39 is 22.0 Å². The first-order valence-electron chi connectivity index (χ1n) is 10.2. The van der Waals surface area contributed by atoms with Crippen molar-refractivity contribution in [1.29, 1.82) is 0 Å². The number of carbonyl (C=O) groups excluding carboxylic acids is 1. The molecule has 1 aliphatic rings. The zero-order chi connectivity index (χ0) is 22.8. The van der Waals surface area contributed by atoms with Gasteiger partial charge in [-0.2, -0.15) is 4.31 Å². The average molecular weight is 453 g/mol. The van der Waals surface area contributed by atoms with Crippen molar-refractivity contribution in [2.45, 2.75) is 51.5 Å². The first kappa shape index (κ1) is 23.1. The third-order valence-corrected chi connectivity index (χ3v) is 7.39. The molecule has 0 saturated carbocycles. The zero-order valence-electron chi connectivity index (χ0n) is 18.4. The Labute approximate surface area is 182 Å². The Hall–Kier alpha value is -2.59. The Morgan fingerprint density at radius 3 is 2.39 bits per heavy atom. The van der Waals surface area contributed by atoms with Crippen LogP contribution in [0.2, 0.25) is 0 Å². The summed E-state index contributed by atoms with van der Waals surface area (Å²) < 4.78 is 49.9. The van der Waals surface area contributed by atoms with Gasteiger partial charge in [-0.05, 0) is 57.4 Å². The molecule has 0 N–H and O–H groups in total. The molecule has 1 atom stereocenters. The van der Waals surface area contributed by atoms with Gasteiger partial charge in [0.15, 0.2) is 17.3 Å². The molecule has 2 aromatic rings. The Morgan fingerprint density at radius 1 is 1.19 bits per heavy atom. The van der Waals surface area contributed by atoms with Crippen molar-refractivity contribution in [3.8, 4) is 11.5 Å². The normalized spacial score (nSPS) is 16.6. The Morgan fingerprint density at radius 2 is 1.84 bits per heavy atom. The fraction of sp³-hybridized carbons (Fsp3) is 0.524. The number of rotatable bonds is 8. The van der Waals surface area contributed by atoms with Crippen molar-refractivity contribution >= 4 is 16.0 Å². The monoisotopic (exact) mass is 452 g/mol. The van der Waals surface area contributed by atoms with E-state index in [9.17, 15) is 13.2 Å². The number of fused-ring (bicyclic) bond motifs is 1. The molecule has 0 radical (unpaired) electrons. The standard InChI is InChI=1S/C21H28N2O7S/c1-6-28-18-10-15-8-9-23(31(25,26)21-13(3)22-30-14(21)4)17(12-20(24)27-5)16(15)11-19(18)29-7-2/h10-11,17H,6-9,12H2,1-5H3/t17-/m0/s1. The number of aromatic nitrogens is 1. The number of carbonyl (C=O) groups is 1. The fourth-order valence-electron chi connectivity index (χ4n) is 3.92. The second-order valence-corrected chi connectivity index (χ2v) is 9.01. The van der Waals surface area contributed by atoms with Gasteiger partial charge < -0.3 is 18.7 Å². The summed E-state index contributed by atoms with van der Waals surface area (Å²) in [6.07, 6.45) is 0.327. The van der Waals surface area contributed by atoms with Crippen LogP contribution in [0, 0.1) is 13.8 Å². The van der Waals surface area contributed by atoms with E-state index in [1.54, 1.807) is 19.9 Å². The predicted octanol–water partition coefficient (Wildman–Crippen LogP) is 2.94. The highest BCUT2D eigenvalue weighted by Gasteiger charge is 2.41. The van der Waals surface area contributed by atoms with E-state index >= 15 is 0 Å². The summed E-state index contributed by atoms with van der Waals surface area (Å²) in [6.45, 7) is 7.96. The summed E-state index contributed by atoms with van der Waals surface area (Å²) in [5, 5.41) is 3.79. The molecule has 0 saturated heterocycles. The first-order valence-corrected chi connectivity index (χ1v) is 11.6. The summed E-state index contributed by atoms with van der Waals surface area (Å²) in [5.41, 5.74) is 1.88. The van der Waals surface area contributed by atoms with Crippen LogP contribution >= 0.6 is 0 Å². The maximum Gasteiger partial charge on any atom is 0.307 e. The molecule has 0 spiro atoms. The number of hydrogen-bond donors (Lipinski definition) is 0. The van der Waals surface area contributed by atoms with Gasteiger partial charge >= 0.3 is 5.97 Å². The Kier molecular flexibility index (Phi) is 6.90. The zero-order valence-corrected chi connectivity index (χ0v) is 19.2. The molecule has 9 nitrogen and oxygen atoms in total. The van der Waals surface area contributed by atoms with Gasteiger partial charge in [0.1, 0.15) is 10.6 Å². The van der Waals surface area contributed by atoms with E-state index in [-0.39, 0.29) is 29.3 Å². The lowest BCUT2D eigenvalue weighted by atomic mass is 9.91. The SMILES string of the molecule is CCOc1cc2c(cc1OCC)[C@H](CC(=O)OC)N(S(=O)(=O)c1c(C)noc1C)CC2. The molecule has 31 heavy (non-hydrogen) atoms. The first-order chi connectivity index (χ1) is 14.7. The summed E-state index contributed by atoms with van der Waals surface area (Å²) in [4.78, 5) is 12.3. The van der Waals surface area contributed by atoms with E-state index in [0.29, 0.717) is 36.7 Å². The van der Waals surface area contributed by atoms with Crippen LogP contribution in [0.1, 0.15) is 48.9 Å². The van der Waals surface area contributed by atoms with E-state index in [0.717, 1.165) is 5.56 Å². The Balaban J connectivity index is 2.14. The molecule has 1 aromatic carbocycles. The van der Waals surface area contributed by atoms with Gasteiger partial charge in [0.25, 0.3) is 0 Å². The third kappa shape index (κ3) is 4.40. The van der Waals surface area contributed by atoms with Crippen LogP contribution in [-0.4, -0.2) is 50.7 Å². The number of sulfonamides is 1. The van der Waals surface area contributed by atoms with E-state index in [1.165, 1.54) is 11.4 Å². The maximum atomic E-state index is 13.6. The van der Waals surface area contributed by atoms with Gasteiger partial charge in [-0.1, -0.05) is 5.16 Å². The topological polar surface area (TPSA) is 108 Å². The summed E-state index contributed by atoms with van der Waals surface area (Å²) in [5.74, 6) is 0.807. The second kappa shape index (κ2) is 9.27. The quantitative estimate of drug-likeness (QED) is 0.563. The van der Waals surface area contributed by atoms with Gasteiger partial charge in [0.2, 0.25) is 10.0 Å². The smallest absolute Gasteiger partial charge is 0.307 e. The van der Waals surface area contributed by atoms with Crippen LogP contribution in [-0.2, 0) is 26.0 Å². The molecule has 0 amide bonds. The second-order valence-electron chi connectivity index (χ2n) is 7.18. The lowest BCUT2D eigenvalue weighted by Gasteiger charge is -2.36. The molecule has 170 valence electrons. The van der Waals surface area contributed by atoms with Gasteiger partial charge in [0, 0.05) is 6.54 Å². The summed E-state index contributed by atoms with van der Waals surface area (Å²) >= 11 is 0. The molecule has 1 aromatic heterocycles. The molecule has 0 fully saturated rings. The molecular weight excluding hydrogens is 424 g/mol. The molecule has 10 heteroatoms. The van der Waals surface area contributed by atoms with Crippen molar-refractivity contribution in [1.82, 2.24) is 9.46 Å². The fourth-order valence-corrected chi connectivity index (χ4v) is 5.82. The van der Waals surface area contributed by atoms with Gasteiger partial charge in [-0.15, -0.1) is 0 Å². The summed E-state index contributed by atoms with van der Waals surface area (Å²) in [6, 6.07) is 2.88. The van der Waals surface area contributed by atoms with Gasteiger partial charge in [-0.3, -0.25) is 4.79 Å². The molecular formula is C21H28N2O7S. The van der Waals surface area contributed by atoms with Crippen molar-refractivity contribution in [3.63, 3.8) is 0 Å². The lowest BCUT2D eigenvalue weighted by Crippen LogP contribution is -2.41. The van der Waals surface area contributed by atoms with Gasteiger partial charge in [0.05, 0.1) is 32.8 Å². The van der Waals surface area contributed by atoms with Crippen LogP contribution in [0.15, 0.2) is 21.6 Å². The number of benzene rings is 1. The predicted molar refractivity (Wildman–Crippen MR) is 112 cm³/mol. The van der Waals surface area contributed by atoms with Crippen LogP contribution in [0.3, 0.4) is 0 Å². The number of esters is 1. The lowest BCUT2D eigenvalue weighted by molar-refractivity contribution is -0.141. The number of nitrogens with zero attached hydrogens (tertiary/aromatic N) is 2. The van der Waals surface area contributed by atoms with E-state index in [1.807, 2.05) is 19.9 Å².